The lowest BCUT2D eigenvalue weighted by molar-refractivity contribution is -0.388. The predicted octanol–water partition coefficient (Wildman–Crippen LogP) is 2.01. The molecule has 0 N–H and O–H groups in total. The van der Waals surface area contributed by atoms with Crippen molar-refractivity contribution in [2.45, 2.75) is 13.3 Å². The van der Waals surface area contributed by atoms with Crippen LogP contribution >= 0.6 is 0 Å². The second kappa shape index (κ2) is 5.98. The number of halogens is 2. The molecule has 0 aliphatic rings. The summed E-state index contributed by atoms with van der Waals surface area (Å²) in [5, 5.41) is 10.6. The van der Waals surface area contributed by atoms with Gasteiger partial charge in [-0.15, -0.1) is 0 Å². The number of nitrogens with zero attached hydrogens (tertiary/aromatic N) is 1. The fourth-order valence-corrected chi connectivity index (χ4v) is 1.38. The molecule has 102 valence electrons. The average Bonchev–Trinajstić information content (AvgIpc) is 2.31. The highest BCUT2D eigenvalue weighted by atomic mass is 19.2. The van der Waals surface area contributed by atoms with Gasteiger partial charge in [0.2, 0.25) is 5.82 Å². The van der Waals surface area contributed by atoms with E-state index in [4.69, 9.17) is 0 Å². The average molecular weight is 273 g/mol. The Hall–Kier alpha value is -2.38. The quantitative estimate of drug-likeness (QED) is 0.269. The number of ether oxygens (including phenoxy) is 1. The van der Waals surface area contributed by atoms with E-state index in [1.165, 1.54) is 6.92 Å². The molecular weight excluding hydrogens is 264 g/mol. The van der Waals surface area contributed by atoms with Gasteiger partial charge >= 0.3 is 11.7 Å². The molecule has 1 aromatic rings. The molecule has 0 saturated heterocycles. The fraction of sp³-hybridized carbons (Fsp3) is 0.273. The summed E-state index contributed by atoms with van der Waals surface area (Å²) in [5.41, 5.74) is -1.95. The summed E-state index contributed by atoms with van der Waals surface area (Å²) in [6, 6.07) is 1.35. The molecule has 0 spiro atoms. The van der Waals surface area contributed by atoms with Gasteiger partial charge in [0, 0.05) is 0 Å². The van der Waals surface area contributed by atoms with Gasteiger partial charge in [-0.2, -0.15) is 4.39 Å². The van der Waals surface area contributed by atoms with Crippen LogP contribution < -0.4 is 0 Å². The molecule has 8 heteroatoms. The molecule has 0 aliphatic carbocycles. The summed E-state index contributed by atoms with van der Waals surface area (Å²) in [6.07, 6.45) is -0.778. The van der Waals surface area contributed by atoms with E-state index >= 15 is 0 Å². The van der Waals surface area contributed by atoms with E-state index in [9.17, 15) is 28.5 Å². The summed E-state index contributed by atoms with van der Waals surface area (Å²) in [7, 11) is 0. The molecule has 0 unspecified atom stereocenters. The van der Waals surface area contributed by atoms with E-state index in [2.05, 4.69) is 4.74 Å². The standard InChI is InChI=1S/C11H9F2NO5/c1-2-19-9(16)5-8(15)6-3-4-7(12)10(13)11(6)14(17)18/h3-4H,2,5H2,1H3. The van der Waals surface area contributed by atoms with Gasteiger partial charge in [-0.3, -0.25) is 19.7 Å². The van der Waals surface area contributed by atoms with Gasteiger partial charge in [-0.25, -0.2) is 4.39 Å². The monoisotopic (exact) mass is 273 g/mol. The Balaban J connectivity index is 3.13. The van der Waals surface area contributed by atoms with Gasteiger partial charge in [0.15, 0.2) is 11.6 Å². The van der Waals surface area contributed by atoms with Crippen molar-refractivity contribution < 1.29 is 28.0 Å². The number of rotatable bonds is 5. The molecular formula is C11H9F2NO5. The summed E-state index contributed by atoms with van der Waals surface area (Å²) in [5.74, 6) is -5.09. The number of carbonyl (C=O) groups is 2. The van der Waals surface area contributed by atoms with Gasteiger partial charge in [0.05, 0.1) is 17.1 Å². The van der Waals surface area contributed by atoms with Gasteiger partial charge < -0.3 is 4.74 Å². The minimum absolute atomic E-state index is 0.0337. The van der Waals surface area contributed by atoms with Gasteiger partial charge in [0.25, 0.3) is 0 Å². The Morgan fingerprint density at radius 3 is 2.53 bits per heavy atom. The van der Waals surface area contributed by atoms with Crippen molar-refractivity contribution >= 4 is 17.4 Å². The molecule has 1 rings (SSSR count). The minimum Gasteiger partial charge on any atom is -0.466 e. The van der Waals surface area contributed by atoms with Crippen LogP contribution in [0.1, 0.15) is 23.7 Å². The van der Waals surface area contributed by atoms with Crippen molar-refractivity contribution in [3.63, 3.8) is 0 Å². The molecule has 0 amide bonds. The number of nitro groups is 1. The topological polar surface area (TPSA) is 86.5 Å². The third kappa shape index (κ3) is 3.30. The van der Waals surface area contributed by atoms with Crippen LogP contribution in [0.25, 0.3) is 0 Å². The number of carbonyl (C=O) groups excluding carboxylic acids is 2. The predicted molar refractivity (Wildman–Crippen MR) is 58.6 cm³/mol. The number of Topliss-reactive ketones (excluding diaryl/α,β-unsaturated/α-hetero) is 1. The highest BCUT2D eigenvalue weighted by Gasteiger charge is 2.29. The molecule has 0 heterocycles. The van der Waals surface area contributed by atoms with E-state index < -0.39 is 46.0 Å². The Morgan fingerprint density at radius 1 is 1.37 bits per heavy atom. The first-order valence-corrected chi connectivity index (χ1v) is 5.19. The van der Waals surface area contributed by atoms with Crippen molar-refractivity contribution in [1.82, 2.24) is 0 Å². The number of benzene rings is 1. The van der Waals surface area contributed by atoms with E-state index in [0.29, 0.717) is 6.07 Å². The molecule has 1 aromatic carbocycles. The van der Waals surface area contributed by atoms with Crippen molar-refractivity contribution in [3.8, 4) is 0 Å². The maximum Gasteiger partial charge on any atom is 0.318 e. The van der Waals surface area contributed by atoms with E-state index in [-0.39, 0.29) is 6.61 Å². The molecule has 19 heavy (non-hydrogen) atoms. The lowest BCUT2D eigenvalue weighted by atomic mass is 10.1. The maximum atomic E-state index is 13.3. The van der Waals surface area contributed by atoms with Crippen molar-refractivity contribution in [2.75, 3.05) is 6.61 Å². The van der Waals surface area contributed by atoms with Crippen molar-refractivity contribution in [2.24, 2.45) is 0 Å². The van der Waals surface area contributed by atoms with Crippen LogP contribution in [0.15, 0.2) is 12.1 Å². The summed E-state index contributed by atoms with van der Waals surface area (Å²) in [4.78, 5) is 32.1. The number of nitro benzene ring substituents is 1. The smallest absolute Gasteiger partial charge is 0.318 e. The molecule has 0 radical (unpaired) electrons. The highest BCUT2D eigenvalue weighted by molar-refractivity contribution is 6.08. The van der Waals surface area contributed by atoms with E-state index in [0.717, 1.165) is 6.07 Å². The lowest BCUT2D eigenvalue weighted by Crippen LogP contribution is -2.14. The number of ketones is 1. The van der Waals surface area contributed by atoms with Crippen molar-refractivity contribution in [3.05, 3.63) is 39.4 Å². The molecule has 0 saturated carbocycles. The first-order valence-electron chi connectivity index (χ1n) is 5.19. The zero-order valence-corrected chi connectivity index (χ0v) is 9.81. The van der Waals surface area contributed by atoms with Gasteiger partial charge in [-0.05, 0) is 19.1 Å². The summed E-state index contributed by atoms with van der Waals surface area (Å²) >= 11 is 0. The van der Waals surface area contributed by atoms with E-state index in [1.807, 2.05) is 0 Å². The first-order chi connectivity index (χ1) is 8.88. The van der Waals surface area contributed by atoms with E-state index in [1.54, 1.807) is 0 Å². The third-order valence-corrected chi connectivity index (χ3v) is 2.16. The Kier molecular flexibility index (Phi) is 4.62. The van der Waals surface area contributed by atoms with Gasteiger partial charge in [-0.1, -0.05) is 0 Å². The zero-order chi connectivity index (χ0) is 14.6. The van der Waals surface area contributed by atoms with Crippen LogP contribution in [0, 0.1) is 21.7 Å². The number of hydrogen-bond acceptors (Lipinski definition) is 5. The second-order valence-electron chi connectivity index (χ2n) is 3.42. The first kappa shape index (κ1) is 14.7. The summed E-state index contributed by atoms with van der Waals surface area (Å²) < 4.78 is 30.6. The van der Waals surface area contributed by atoms with Crippen LogP contribution in [-0.4, -0.2) is 23.3 Å². The largest absolute Gasteiger partial charge is 0.466 e. The molecule has 6 nitrogen and oxygen atoms in total. The third-order valence-electron chi connectivity index (χ3n) is 2.16. The van der Waals surface area contributed by atoms with Crippen LogP contribution in [0.5, 0.6) is 0 Å². The fourth-order valence-electron chi connectivity index (χ4n) is 1.38. The second-order valence-corrected chi connectivity index (χ2v) is 3.42. The Morgan fingerprint density at radius 2 is 2.00 bits per heavy atom. The Bertz CT molecular complexity index is 544. The minimum atomic E-state index is -1.74. The molecule has 0 fully saturated rings. The summed E-state index contributed by atoms with van der Waals surface area (Å²) in [6.45, 7) is 1.55. The molecule has 0 aliphatic heterocycles. The Labute approximate surface area is 106 Å². The number of hydrogen-bond donors (Lipinski definition) is 0. The highest BCUT2D eigenvalue weighted by Crippen LogP contribution is 2.26. The van der Waals surface area contributed by atoms with Crippen LogP contribution in [0.4, 0.5) is 14.5 Å². The number of esters is 1. The molecule has 0 aromatic heterocycles. The molecule has 0 bridgehead atoms. The normalized spacial score (nSPS) is 10.1. The lowest BCUT2D eigenvalue weighted by Gasteiger charge is -2.04. The van der Waals surface area contributed by atoms with Crippen LogP contribution in [0.3, 0.4) is 0 Å². The SMILES string of the molecule is CCOC(=O)CC(=O)c1ccc(F)c(F)c1[N+](=O)[O-]. The molecule has 0 atom stereocenters. The maximum absolute atomic E-state index is 13.3. The van der Waals surface area contributed by atoms with Crippen LogP contribution in [0.2, 0.25) is 0 Å². The van der Waals surface area contributed by atoms with Gasteiger partial charge in [0.1, 0.15) is 6.42 Å². The zero-order valence-electron chi connectivity index (χ0n) is 9.81. The van der Waals surface area contributed by atoms with Crippen molar-refractivity contribution in [1.29, 1.82) is 0 Å². The van der Waals surface area contributed by atoms with Crippen LogP contribution in [-0.2, 0) is 9.53 Å².